The van der Waals surface area contributed by atoms with E-state index < -0.39 is 18.1 Å². The standard InChI is InChI=1S/C59H68N10O7S/c1-31(2)50(58(73)69-28-43(71)22-47(69)57(72)62-34(5)37-10-12-38(13-11-37)55-35(6)61-30-77-55)48-23-49(66-76-48)74-29-36-16-18-67(19-17-36)25-32(3)75-59-64-54-46(56(65-59)68-26-40-14-15-41(27-68)63-40)24-60-53-45-21-42(70)20-39-8-7-9-44(52(39)45)33(4)51(53)54/h7-13,20-21,23-24,30-34,36,40-41,43,47,50,63,70-71H,14-19,22,25-29H2,1-6H3,(H,62,72)/t32-,33?,34+,40?,41?,43-,47+,50-/m1/s1. The summed E-state index contributed by atoms with van der Waals surface area (Å²) >= 11 is 1.59. The van der Waals surface area contributed by atoms with Crippen molar-refractivity contribution in [3.05, 3.63) is 101 Å². The van der Waals surface area contributed by atoms with Crippen molar-refractivity contribution in [3.63, 3.8) is 0 Å². The van der Waals surface area contributed by atoms with Gasteiger partial charge in [0.2, 0.25) is 11.8 Å². The molecule has 4 saturated heterocycles. The molecule has 12 rings (SSSR count). The van der Waals surface area contributed by atoms with Gasteiger partial charge in [0.25, 0.3) is 5.88 Å². The van der Waals surface area contributed by atoms with Crippen LogP contribution in [0.15, 0.2) is 76.9 Å². The molecule has 5 aliphatic rings. The van der Waals surface area contributed by atoms with Crippen molar-refractivity contribution in [2.75, 3.05) is 50.8 Å². The highest BCUT2D eigenvalue weighted by atomic mass is 32.1. The summed E-state index contributed by atoms with van der Waals surface area (Å²) in [5, 5.41) is 35.7. The lowest BCUT2D eigenvalue weighted by molar-refractivity contribution is -0.141. The highest BCUT2D eigenvalue weighted by molar-refractivity contribution is 7.13. The number of aryl methyl sites for hydroxylation is 1. The highest BCUT2D eigenvalue weighted by Gasteiger charge is 2.44. The normalized spacial score (nSPS) is 22.6. The van der Waals surface area contributed by atoms with Gasteiger partial charge in [0.05, 0.1) is 51.4 Å². The number of ether oxygens (including phenoxy) is 2. The van der Waals surface area contributed by atoms with Gasteiger partial charge >= 0.3 is 6.01 Å². The molecule has 3 unspecified atom stereocenters. The number of aliphatic hydroxyl groups excluding tert-OH is 1. The minimum atomic E-state index is -0.836. The number of pyridine rings is 1. The van der Waals surface area contributed by atoms with E-state index in [2.05, 4.69) is 56.6 Å². The lowest BCUT2D eigenvalue weighted by Gasteiger charge is -2.35. The zero-order valence-corrected chi connectivity index (χ0v) is 45.4. The quantitative estimate of drug-likeness (QED) is 0.0760. The van der Waals surface area contributed by atoms with Crippen LogP contribution in [0.25, 0.3) is 43.4 Å². The lowest BCUT2D eigenvalue weighted by atomic mass is 9.79. The second-order valence-electron chi connectivity index (χ2n) is 22.6. The number of amides is 2. The summed E-state index contributed by atoms with van der Waals surface area (Å²) in [5.74, 6) is 0.521. The number of rotatable bonds is 15. The van der Waals surface area contributed by atoms with Crippen molar-refractivity contribution in [1.29, 1.82) is 0 Å². The number of hydrogen-bond acceptors (Lipinski definition) is 16. The Balaban J connectivity index is 0.673. The van der Waals surface area contributed by atoms with Gasteiger partial charge in [-0.1, -0.05) is 63.2 Å². The van der Waals surface area contributed by atoms with E-state index in [9.17, 15) is 19.8 Å². The van der Waals surface area contributed by atoms with Gasteiger partial charge in [0.1, 0.15) is 29.6 Å². The number of piperidine rings is 1. The first-order valence-corrected chi connectivity index (χ1v) is 28.4. The number of thiazole rings is 1. The molecule has 8 atom stereocenters. The van der Waals surface area contributed by atoms with Gasteiger partial charge < -0.3 is 44.6 Å². The van der Waals surface area contributed by atoms with Gasteiger partial charge in [-0.25, -0.2) is 4.98 Å². The summed E-state index contributed by atoms with van der Waals surface area (Å²) in [7, 11) is 0. The summed E-state index contributed by atoms with van der Waals surface area (Å²) < 4.78 is 18.8. The van der Waals surface area contributed by atoms with Crippen LogP contribution in [-0.4, -0.2) is 133 Å². The Labute approximate surface area is 452 Å². The lowest BCUT2D eigenvalue weighted by Crippen LogP contribution is -2.51. The first kappa shape index (κ1) is 51.1. The highest BCUT2D eigenvalue weighted by Crippen LogP contribution is 2.49. The molecule has 18 heteroatoms. The van der Waals surface area contributed by atoms with Crippen molar-refractivity contribution >= 4 is 50.6 Å². The molecule has 4 aliphatic heterocycles. The molecule has 8 heterocycles. The molecule has 0 saturated carbocycles. The molecule has 402 valence electrons. The van der Waals surface area contributed by atoms with Gasteiger partial charge in [-0.2, -0.15) is 9.97 Å². The third-order valence-electron chi connectivity index (χ3n) is 16.8. The Bertz CT molecular complexity index is 3330. The van der Waals surface area contributed by atoms with Crippen molar-refractivity contribution in [2.24, 2.45) is 11.8 Å². The first-order valence-electron chi connectivity index (χ1n) is 27.5. The molecule has 0 spiro atoms. The average Bonchev–Trinajstić information content (AvgIpc) is 4.39. The summed E-state index contributed by atoms with van der Waals surface area (Å²) in [6.07, 6.45) is 5.17. The van der Waals surface area contributed by atoms with E-state index >= 15 is 0 Å². The third kappa shape index (κ3) is 9.98. The zero-order chi connectivity index (χ0) is 53.2. The molecular weight excluding hydrogens is 993 g/mol. The van der Waals surface area contributed by atoms with Crippen LogP contribution in [0.3, 0.4) is 0 Å². The predicted molar refractivity (Wildman–Crippen MR) is 295 cm³/mol. The van der Waals surface area contributed by atoms with Crippen LogP contribution in [0, 0.1) is 18.8 Å². The van der Waals surface area contributed by atoms with Gasteiger partial charge in [0, 0.05) is 74.0 Å². The van der Waals surface area contributed by atoms with E-state index in [1.54, 1.807) is 17.4 Å². The molecule has 17 nitrogen and oxygen atoms in total. The Morgan fingerprint density at radius 3 is 2.48 bits per heavy atom. The number of carbonyl (C=O) groups is 2. The number of piperazine rings is 1. The van der Waals surface area contributed by atoms with E-state index in [4.69, 9.17) is 28.9 Å². The maximum atomic E-state index is 14.4. The van der Waals surface area contributed by atoms with Crippen LogP contribution < -0.4 is 25.0 Å². The molecule has 0 radical (unpaired) electrons. The van der Waals surface area contributed by atoms with E-state index in [0.29, 0.717) is 48.8 Å². The number of aliphatic hydroxyl groups is 1. The van der Waals surface area contributed by atoms with Crippen LogP contribution in [0.4, 0.5) is 5.82 Å². The molecule has 3 aromatic carbocycles. The number of carbonyl (C=O) groups excluding carboxylic acids is 2. The smallest absolute Gasteiger partial charge is 0.319 e. The number of aromatic hydroxyl groups is 1. The maximum Gasteiger partial charge on any atom is 0.319 e. The number of β-amino-alcohol motifs (C(OH)–C–C–N with tert-alkyl or cyclic N) is 1. The number of nitrogens with one attached hydrogen (secondary N) is 2. The number of aromatic nitrogens is 5. The van der Waals surface area contributed by atoms with Crippen LogP contribution >= 0.6 is 11.3 Å². The minimum absolute atomic E-state index is 0.00203. The fourth-order valence-electron chi connectivity index (χ4n) is 12.8. The molecule has 4 fully saturated rings. The molecule has 2 bridgehead atoms. The Hall–Kier alpha value is -6.73. The molecule has 7 aromatic rings. The summed E-state index contributed by atoms with van der Waals surface area (Å²) in [4.78, 5) is 55.5. The second kappa shape index (κ2) is 20.9. The summed E-state index contributed by atoms with van der Waals surface area (Å²) in [6, 6.07) is 19.7. The van der Waals surface area contributed by atoms with Gasteiger partial charge in [-0.05, 0) is 116 Å². The Kier molecular flexibility index (Phi) is 13.9. The fourth-order valence-corrected chi connectivity index (χ4v) is 13.6. The summed E-state index contributed by atoms with van der Waals surface area (Å²) in [5.41, 5.74) is 9.61. The van der Waals surface area contributed by atoms with Crippen molar-refractivity contribution in [1.82, 2.24) is 45.5 Å². The van der Waals surface area contributed by atoms with E-state index in [-0.39, 0.29) is 54.5 Å². The number of phenols is 1. The monoisotopic (exact) mass is 1060 g/mol. The van der Waals surface area contributed by atoms with Crippen molar-refractivity contribution in [3.8, 4) is 39.3 Å². The number of benzene rings is 3. The number of nitrogens with zero attached hydrogens (tertiary/aromatic N) is 8. The zero-order valence-electron chi connectivity index (χ0n) is 44.6. The van der Waals surface area contributed by atoms with Crippen LogP contribution in [0.5, 0.6) is 17.6 Å². The second-order valence-corrected chi connectivity index (χ2v) is 23.5. The Morgan fingerprint density at radius 1 is 0.961 bits per heavy atom. The molecule has 77 heavy (non-hydrogen) atoms. The molecule has 4 aromatic heterocycles. The third-order valence-corrected chi connectivity index (χ3v) is 17.8. The first-order chi connectivity index (χ1) is 37.2. The molecule has 2 amide bonds. The van der Waals surface area contributed by atoms with Gasteiger partial charge in [-0.3, -0.25) is 19.5 Å². The van der Waals surface area contributed by atoms with Crippen LogP contribution in [0.1, 0.15) is 113 Å². The van der Waals surface area contributed by atoms with Crippen LogP contribution in [0.2, 0.25) is 0 Å². The topological polar surface area (TPSA) is 204 Å². The van der Waals surface area contributed by atoms with E-state index in [1.165, 1.54) is 10.5 Å². The van der Waals surface area contributed by atoms with E-state index in [1.807, 2.05) is 81.9 Å². The number of phenolic OH excluding ortho intramolecular Hbond substituents is 1. The Morgan fingerprint density at radius 2 is 1.74 bits per heavy atom. The number of likely N-dealkylation sites (tertiary alicyclic amines) is 2. The van der Waals surface area contributed by atoms with Crippen LogP contribution in [-0.2, 0) is 9.59 Å². The SMILES string of the molecule is Cc1ncsc1-c1ccc([C@H](C)NC(=O)[C@@H]2C[C@@H](O)CN2C(=O)[C@@H](c2cc(OCC3CCN(C[C@@H](C)Oc4nc(N5CC6CCC(C5)N6)c5cnc6c(c5n4)C(C)c4cccc5cc(O)cc-6c45)CC3)no2)C(C)C)cc1. The van der Waals surface area contributed by atoms with Crippen molar-refractivity contribution < 1.29 is 33.8 Å². The molecule has 4 N–H and O–H groups in total. The summed E-state index contributed by atoms with van der Waals surface area (Å²) in [6.45, 7) is 16.7. The number of anilines is 1. The van der Waals surface area contributed by atoms with E-state index in [0.717, 1.165) is 118 Å². The number of fused-ring (bicyclic) bond motifs is 6. The molecular formula is C59H68N10O7S. The van der Waals surface area contributed by atoms with Crippen molar-refractivity contribution in [2.45, 2.75) is 122 Å². The predicted octanol–water partition coefficient (Wildman–Crippen LogP) is 8.51. The maximum absolute atomic E-state index is 14.4. The molecule has 1 aliphatic carbocycles. The number of hydrogen-bond donors (Lipinski definition) is 4. The fraction of sp³-hybridized carbons (Fsp3) is 0.475. The van der Waals surface area contributed by atoms with Gasteiger partial charge in [-0.15, -0.1) is 11.3 Å². The minimum Gasteiger partial charge on any atom is -0.508 e. The largest absolute Gasteiger partial charge is 0.508 e. The van der Waals surface area contributed by atoms with Gasteiger partial charge in [0.15, 0.2) is 5.76 Å². The average molecular weight is 1060 g/mol.